The highest BCUT2D eigenvalue weighted by Crippen LogP contribution is 2.19. The van der Waals surface area contributed by atoms with E-state index in [1.54, 1.807) is 2.78 Å². The molecule has 0 saturated carbocycles. The fraction of sp³-hybridized carbons (Fsp3) is 0.300. The summed E-state index contributed by atoms with van der Waals surface area (Å²) < 4.78 is 1.59. The summed E-state index contributed by atoms with van der Waals surface area (Å²) in [6, 6.07) is 6.08. The number of halogens is 1. The van der Waals surface area contributed by atoms with Crippen molar-refractivity contribution in [3.05, 3.63) is 34.2 Å². The van der Waals surface area contributed by atoms with E-state index in [1.807, 2.05) is 35.0 Å². The number of hydrogen-bond acceptors (Lipinski definition) is 1. The average Bonchev–Trinajstić information content (AvgIpc) is 2.42. The van der Waals surface area contributed by atoms with Gasteiger partial charge in [0.1, 0.15) is 0 Å². The lowest BCUT2D eigenvalue weighted by atomic mass is 10.0. The van der Waals surface area contributed by atoms with Crippen LogP contribution < -0.4 is 5.69 Å². The van der Waals surface area contributed by atoms with Crippen LogP contribution in [-0.2, 0) is 0 Å². The molecule has 2 rings (SSSR count). The van der Waals surface area contributed by atoms with E-state index < -0.39 is 0 Å². The molecule has 1 aromatic heterocycles. The fourth-order valence-electron chi connectivity index (χ4n) is 1.46. The molecule has 0 radical (unpaired) electrons. The van der Waals surface area contributed by atoms with Gasteiger partial charge in [-0.25, -0.2) is 7.58 Å². The summed E-state index contributed by atoms with van der Waals surface area (Å²) in [5.41, 5.74) is 3.04. The van der Waals surface area contributed by atoms with Gasteiger partial charge < -0.3 is 4.98 Å². The number of aromatic nitrogens is 2. The number of nitrogens with zero attached hydrogens (tertiary/aromatic N) is 1. The predicted molar refractivity (Wildman–Crippen MR) is 66.1 cm³/mol. The van der Waals surface area contributed by atoms with Crippen molar-refractivity contribution in [2.45, 2.75) is 19.8 Å². The van der Waals surface area contributed by atoms with E-state index in [1.165, 1.54) is 5.56 Å². The van der Waals surface area contributed by atoms with Crippen molar-refractivity contribution in [3.63, 3.8) is 0 Å². The Kier molecular flexibility index (Phi) is 2.38. The molecule has 4 heteroatoms. The van der Waals surface area contributed by atoms with Gasteiger partial charge in [0.25, 0.3) is 0 Å². The Morgan fingerprint density at radius 1 is 1.43 bits per heavy atom. The summed E-state index contributed by atoms with van der Waals surface area (Å²) in [5.74, 6) is 0.487. The topological polar surface area (TPSA) is 37.8 Å². The number of aromatic amines is 1. The summed E-state index contributed by atoms with van der Waals surface area (Å²) >= 11 is 2.00. The molecule has 1 heterocycles. The summed E-state index contributed by atoms with van der Waals surface area (Å²) in [5, 5.41) is 0. The molecule has 0 aliphatic rings. The van der Waals surface area contributed by atoms with Crippen LogP contribution in [0.2, 0.25) is 0 Å². The van der Waals surface area contributed by atoms with Crippen molar-refractivity contribution in [1.82, 2.24) is 7.76 Å². The summed E-state index contributed by atoms with van der Waals surface area (Å²) in [6.45, 7) is 4.28. The second-order valence-electron chi connectivity index (χ2n) is 3.64. The van der Waals surface area contributed by atoms with E-state index in [0.29, 0.717) is 5.92 Å². The molecule has 0 fully saturated rings. The highest BCUT2D eigenvalue weighted by atomic mass is 127. The van der Waals surface area contributed by atoms with Gasteiger partial charge >= 0.3 is 5.69 Å². The van der Waals surface area contributed by atoms with Gasteiger partial charge in [0.2, 0.25) is 0 Å². The highest BCUT2D eigenvalue weighted by Gasteiger charge is 2.06. The van der Waals surface area contributed by atoms with E-state index in [0.717, 1.165) is 11.0 Å². The van der Waals surface area contributed by atoms with E-state index in [2.05, 4.69) is 24.9 Å². The normalized spacial score (nSPS) is 11.4. The lowest BCUT2D eigenvalue weighted by Gasteiger charge is -2.04. The predicted octanol–water partition coefficient (Wildman–Crippen LogP) is 2.65. The first-order valence-corrected chi connectivity index (χ1v) is 5.47. The van der Waals surface area contributed by atoms with E-state index in [4.69, 9.17) is 0 Å². The van der Waals surface area contributed by atoms with Gasteiger partial charge in [-0.05, 0) is 23.6 Å². The second-order valence-corrected chi connectivity index (χ2v) is 4.61. The molecule has 0 atom stereocenters. The van der Waals surface area contributed by atoms with Crippen LogP contribution in [0.5, 0.6) is 0 Å². The summed E-state index contributed by atoms with van der Waals surface area (Å²) in [6.07, 6.45) is 0. The summed E-state index contributed by atoms with van der Waals surface area (Å²) in [4.78, 5) is 14.1. The third-order valence-corrected chi connectivity index (χ3v) is 3.28. The molecule has 74 valence electrons. The number of nitrogens with one attached hydrogen (secondary N) is 1. The molecule has 1 N–H and O–H groups in total. The Hall–Kier alpha value is -0.780. The Balaban J connectivity index is 2.73. The second kappa shape index (κ2) is 3.42. The van der Waals surface area contributed by atoms with Gasteiger partial charge in [-0.15, -0.1) is 0 Å². The highest BCUT2D eigenvalue weighted by molar-refractivity contribution is 14.1. The van der Waals surface area contributed by atoms with Gasteiger partial charge in [-0.2, -0.15) is 0 Å². The third-order valence-electron chi connectivity index (χ3n) is 2.32. The molecule has 0 aliphatic carbocycles. The lowest BCUT2D eigenvalue weighted by Crippen LogP contribution is -2.06. The minimum absolute atomic E-state index is 0.0680. The Bertz CT molecular complexity index is 524. The van der Waals surface area contributed by atoms with Gasteiger partial charge in [0, 0.05) is 0 Å². The van der Waals surface area contributed by atoms with Crippen molar-refractivity contribution >= 4 is 33.9 Å². The van der Waals surface area contributed by atoms with Crippen LogP contribution in [0.25, 0.3) is 11.0 Å². The van der Waals surface area contributed by atoms with Crippen LogP contribution in [0.4, 0.5) is 0 Å². The number of benzene rings is 1. The van der Waals surface area contributed by atoms with Crippen molar-refractivity contribution in [3.8, 4) is 0 Å². The van der Waals surface area contributed by atoms with E-state index in [9.17, 15) is 4.79 Å². The molecule has 2 aromatic rings. The Morgan fingerprint density at radius 2 is 2.14 bits per heavy atom. The van der Waals surface area contributed by atoms with Crippen LogP contribution in [0, 0.1) is 0 Å². The Morgan fingerprint density at radius 3 is 2.79 bits per heavy atom. The molecular formula is C10H11IN2O. The molecule has 3 nitrogen and oxygen atoms in total. The lowest BCUT2D eigenvalue weighted by molar-refractivity contribution is 0.868. The zero-order chi connectivity index (χ0) is 10.3. The van der Waals surface area contributed by atoms with Gasteiger partial charge in [0.15, 0.2) is 0 Å². The number of rotatable bonds is 1. The minimum atomic E-state index is -0.0680. The molecule has 0 unspecified atom stereocenters. The number of hydrogen-bond donors (Lipinski definition) is 1. The van der Waals surface area contributed by atoms with Crippen molar-refractivity contribution in [2.24, 2.45) is 0 Å². The fourth-order valence-corrected chi connectivity index (χ4v) is 2.00. The van der Waals surface area contributed by atoms with Gasteiger partial charge in [-0.3, -0.25) is 0 Å². The van der Waals surface area contributed by atoms with Crippen LogP contribution in [0.1, 0.15) is 25.3 Å². The standard InChI is InChI=1S/C10H11IN2O/c1-6(2)7-3-4-9-8(5-7)12-10(14)13(9)11/h3-6H,1-2H3,(H,12,14). The van der Waals surface area contributed by atoms with Crippen LogP contribution in [0.3, 0.4) is 0 Å². The maximum absolute atomic E-state index is 11.3. The average molecular weight is 302 g/mol. The monoisotopic (exact) mass is 302 g/mol. The maximum Gasteiger partial charge on any atom is 0.335 e. The molecule has 0 aliphatic heterocycles. The first kappa shape index (κ1) is 9.76. The first-order chi connectivity index (χ1) is 6.59. The van der Waals surface area contributed by atoms with Crippen molar-refractivity contribution < 1.29 is 0 Å². The molecule has 1 aromatic carbocycles. The van der Waals surface area contributed by atoms with Gasteiger partial charge in [0.05, 0.1) is 33.9 Å². The van der Waals surface area contributed by atoms with Crippen LogP contribution in [-0.4, -0.2) is 7.76 Å². The van der Waals surface area contributed by atoms with Crippen molar-refractivity contribution in [2.75, 3.05) is 0 Å². The maximum atomic E-state index is 11.3. The van der Waals surface area contributed by atoms with E-state index in [-0.39, 0.29) is 5.69 Å². The third kappa shape index (κ3) is 1.47. The molecular weight excluding hydrogens is 291 g/mol. The SMILES string of the molecule is CC(C)c1ccc2c(c1)[nH]c(=O)n2I. The smallest absolute Gasteiger partial charge is 0.305 e. The molecule has 0 spiro atoms. The molecule has 0 bridgehead atoms. The minimum Gasteiger partial charge on any atom is -0.305 e. The quantitative estimate of drug-likeness (QED) is 0.808. The van der Waals surface area contributed by atoms with Crippen LogP contribution >= 0.6 is 22.9 Å². The number of fused-ring (bicyclic) bond motifs is 1. The molecule has 0 amide bonds. The molecule has 14 heavy (non-hydrogen) atoms. The first-order valence-electron chi connectivity index (χ1n) is 4.50. The number of imidazole rings is 1. The van der Waals surface area contributed by atoms with Crippen LogP contribution in [0.15, 0.2) is 23.0 Å². The van der Waals surface area contributed by atoms with Gasteiger partial charge in [-0.1, -0.05) is 19.9 Å². The zero-order valence-electron chi connectivity index (χ0n) is 8.04. The number of H-pyrrole nitrogens is 1. The van der Waals surface area contributed by atoms with E-state index >= 15 is 0 Å². The molecule has 0 saturated heterocycles. The Labute approximate surface area is 95.6 Å². The largest absolute Gasteiger partial charge is 0.335 e. The summed E-state index contributed by atoms with van der Waals surface area (Å²) in [7, 11) is 0. The van der Waals surface area contributed by atoms with Crippen molar-refractivity contribution in [1.29, 1.82) is 0 Å². The zero-order valence-corrected chi connectivity index (χ0v) is 10.2.